The van der Waals surface area contributed by atoms with Gasteiger partial charge in [0.15, 0.2) is 14.9 Å². The highest BCUT2D eigenvalue weighted by Gasteiger charge is 2.52. The number of carboxylic acids is 1. The van der Waals surface area contributed by atoms with Crippen LogP contribution >= 0.6 is 0 Å². The lowest BCUT2D eigenvalue weighted by Crippen LogP contribution is -2.47. The van der Waals surface area contributed by atoms with E-state index in [1.165, 1.54) is 6.26 Å². The lowest BCUT2D eigenvalue weighted by atomic mass is 9.65. The summed E-state index contributed by atoms with van der Waals surface area (Å²) in [5.74, 6) is 0.840. The number of hydrogen-bond donors (Lipinski definition) is 2. The van der Waals surface area contributed by atoms with Crippen molar-refractivity contribution in [1.82, 2.24) is 9.55 Å². The molecule has 0 radical (unpaired) electrons. The number of aromatic nitrogens is 2. The van der Waals surface area contributed by atoms with Gasteiger partial charge in [-0.2, -0.15) is 8.42 Å². The average molecular weight is 583 g/mol. The fraction of sp³-hybridized carbons (Fsp3) is 0.630. The molecule has 216 valence electrons. The molecular formula is C27H38N2O8S2. The number of aliphatic carboxylic acids is 1. The normalized spacial score (nSPS) is 25.5. The molecule has 0 saturated heterocycles. The minimum atomic E-state index is -3.67. The van der Waals surface area contributed by atoms with Crippen LogP contribution in [0.2, 0.25) is 0 Å². The van der Waals surface area contributed by atoms with Gasteiger partial charge in [0.25, 0.3) is 10.1 Å². The summed E-state index contributed by atoms with van der Waals surface area (Å²) in [5, 5.41) is 10.6. The monoisotopic (exact) mass is 582 g/mol. The quantitative estimate of drug-likeness (QED) is 0.421. The number of hydrogen-bond acceptors (Lipinski definition) is 7. The van der Waals surface area contributed by atoms with Crippen molar-refractivity contribution in [2.75, 3.05) is 19.1 Å². The van der Waals surface area contributed by atoms with Gasteiger partial charge in [0.05, 0.1) is 24.0 Å². The van der Waals surface area contributed by atoms with Crippen molar-refractivity contribution in [2.24, 2.45) is 11.8 Å². The number of benzene rings is 1. The Bertz CT molecular complexity index is 1390. The maximum atomic E-state index is 12.8. The van der Waals surface area contributed by atoms with Gasteiger partial charge >= 0.3 is 5.97 Å². The first-order valence-electron chi connectivity index (χ1n) is 13.3. The number of imidazole rings is 1. The summed E-state index contributed by atoms with van der Waals surface area (Å²) in [4.78, 5) is 17.4. The molecule has 1 heterocycles. The maximum Gasteiger partial charge on any atom is 0.314 e. The molecule has 0 amide bonds. The Balaban J connectivity index is 0.000000648. The predicted octanol–water partition coefficient (Wildman–Crippen LogP) is 3.73. The Morgan fingerprint density at radius 3 is 2.00 bits per heavy atom. The van der Waals surface area contributed by atoms with E-state index in [4.69, 9.17) is 14.3 Å². The summed E-state index contributed by atoms with van der Waals surface area (Å²) in [7, 11) is -7.14. The van der Waals surface area contributed by atoms with Crippen molar-refractivity contribution < 1.29 is 36.0 Å². The van der Waals surface area contributed by atoms with Crippen LogP contribution in [-0.4, -0.2) is 61.1 Å². The predicted molar refractivity (Wildman–Crippen MR) is 145 cm³/mol. The van der Waals surface area contributed by atoms with Crippen LogP contribution in [0.1, 0.15) is 68.4 Å². The first kappa shape index (κ1) is 29.7. The van der Waals surface area contributed by atoms with Gasteiger partial charge in [0.1, 0.15) is 11.4 Å². The van der Waals surface area contributed by atoms with Gasteiger partial charge in [0, 0.05) is 12.8 Å². The number of carbonyl (C=O) groups is 1. The van der Waals surface area contributed by atoms with E-state index < -0.39 is 36.9 Å². The summed E-state index contributed by atoms with van der Waals surface area (Å²) < 4.78 is 59.9. The summed E-state index contributed by atoms with van der Waals surface area (Å²) in [6, 6.07) is 9.46. The second kappa shape index (κ2) is 10.9. The van der Waals surface area contributed by atoms with Gasteiger partial charge in [-0.3, -0.25) is 9.35 Å². The number of carboxylic acid groups (broad SMARTS) is 1. The fourth-order valence-corrected chi connectivity index (χ4v) is 6.70. The molecule has 0 spiro atoms. The lowest BCUT2D eigenvalue weighted by Gasteiger charge is -2.44. The van der Waals surface area contributed by atoms with Crippen LogP contribution in [0.3, 0.4) is 0 Å². The number of ether oxygens (including phenoxy) is 1. The summed E-state index contributed by atoms with van der Waals surface area (Å²) >= 11 is 0. The van der Waals surface area contributed by atoms with Crippen LogP contribution in [0.5, 0.6) is 0 Å². The molecule has 3 saturated carbocycles. The maximum absolute atomic E-state index is 12.8. The zero-order valence-corrected chi connectivity index (χ0v) is 24.3. The molecule has 2 N–H and O–H groups in total. The molecule has 39 heavy (non-hydrogen) atoms. The van der Waals surface area contributed by atoms with Crippen molar-refractivity contribution in [2.45, 2.75) is 80.9 Å². The van der Waals surface area contributed by atoms with Crippen LogP contribution in [0.15, 0.2) is 35.4 Å². The van der Waals surface area contributed by atoms with E-state index in [-0.39, 0.29) is 5.03 Å². The van der Waals surface area contributed by atoms with E-state index in [9.17, 15) is 26.7 Å². The van der Waals surface area contributed by atoms with Crippen LogP contribution in [0.25, 0.3) is 0 Å². The number of nitrogens with zero attached hydrogens (tertiary/aromatic N) is 2. The summed E-state index contributed by atoms with van der Waals surface area (Å²) in [6.45, 7) is 2.98. The Hall–Kier alpha value is -2.28. The third kappa shape index (κ3) is 7.08. The van der Waals surface area contributed by atoms with E-state index in [0.717, 1.165) is 31.2 Å². The van der Waals surface area contributed by atoms with Crippen LogP contribution in [0, 0.1) is 18.8 Å². The van der Waals surface area contributed by atoms with Gasteiger partial charge in [0.2, 0.25) is 0 Å². The highest BCUT2D eigenvalue weighted by atomic mass is 32.2. The van der Waals surface area contributed by atoms with Crippen molar-refractivity contribution in [3.05, 3.63) is 47.4 Å². The largest absolute Gasteiger partial charge is 0.481 e. The van der Waals surface area contributed by atoms with Gasteiger partial charge in [-0.05, 0) is 75.7 Å². The molecule has 2 aromatic rings. The highest BCUT2D eigenvalue weighted by Crippen LogP contribution is 2.51. The molecule has 0 unspecified atom stereocenters. The Kier molecular flexibility index (Phi) is 8.33. The zero-order chi connectivity index (χ0) is 28.6. The molecule has 0 bridgehead atoms. The standard InChI is InChI=1S/C26H34N2O5S.CH4O3S/c1-18-22(34(2,31)32)28(16-19-8-9-19)23(27-18)26(33-17-20-10-11-20)14-12-25(13-15-26,24(29)30)21-6-4-3-5-7-21;1-5(2,3)4/h3-7,19-20H,8-17H2,1-2H3,(H,29,30);1H3,(H,2,3,4)/t25-,26+;. The molecule has 3 aliphatic rings. The molecule has 0 atom stereocenters. The topological polar surface area (TPSA) is 153 Å². The van der Waals surface area contributed by atoms with Gasteiger partial charge in [-0.15, -0.1) is 0 Å². The van der Waals surface area contributed by atoms with E-state index in [0.29, 0.717) is 68.4 Å². The molecule has 12 heteroatoms. The molecule has 0 aliphatic heterocycles. The summed E-state index contributed by atoms with van der Waals surface area (Å²) in [5.41, 5.74) is -0.437. The smallest absolute Gasteiger partial charge is 0.314 e. The molecule has 5 rings (SSSR count). The van der Waals surface area contributed by atoms with E-state index in [1.807, 2.05) is 34.9 Å². The second-order valence-electron chi connectivity index (χ2n) is 11.4. The van der Waals surface area contributed by atoms with Crippen LogP contribution < -0.4 is 0 Å². The third-order valence-electron chi connectivity index (χ3n) is 7.92. The van der Waals surface area contributed by atoms with Crippen molar-refractivity contribution in [1.29, 1.82) is 0 Å². The van der Waals surface area contributed by atoms with Crippen LogP contribution in [0.4, 0.5) is 0 Å². The van der Waals surface area contributed by atoms with Gasteiger partial charge in [-0.1, -0.05) is 30.3 Å². The van der Waals surface area contributed by atoms with E-state index in [1.54, 1.807) is 6.92 Å². The van der Waals surface area contributed by atoms with Gasteiger partial charge in [-0.25, -0.2) is 13.4 Å². The second-order valence-corrected chi connectivity index (χ2v) is 14.8. The highest BCUT2D eigenvalue weighted by molar-refractivity contribution is 7.90. The number of rotatable bonds is 9. The molecular weight excluding hydrogens is 544 g/mol. The minimum absolute atomic E-state index is 0.280. The van der Waals surface area contributed by atoms with Crippen molar-refractivity contribution in [3.63, 3.8) is 0 Å². The molecule has 3 aliphatic carbocycles. The van der Waals surface area contributed by atoms with Crippen molar-refractivity contribution in [3.8, 4) is 0 Å². The zero-order valence-electron chi connectivity index (χ0n) is 22.7. The first-order valence-corrected chi connectivity index (χ1v) is 17.0. The lowest BCUT2D eigenvalue weighted by molar-refractivity contribution is -0.151. The molecule has 3 fully saturated rings. The van der Waals surface area contributed by atoms with Gasteiger partial charge < -0.3 is 14.4 Å². The third-order valence-corrected chi connectivity index (χ3v) is 9.14. The van der Waals surface area contributed by atoms with Crippen LogP contribution in [-0.2, 0) is 47.0 Å². The average Bonchev–Trinajstić information content (AvgIpc) is 3.76. The molecule has 10 nitrogen and oxygen atoms in total. The van der Waals surface area contributed by atoms with E-state index >= 15 is 0 Å². The Morgan fingerprint density at radius 2 is 1.54 bits per heavy atom. The SMILES string of the molecule is CS(=O)(=O)O.Cc1nc([C@]2(OCC3CC3)CC[C@](C(=O)O)(c3ccccc3)CC2)n(CC2CC2)c1S(C)(=O)=O. The van der Waals surface area contributed by atoms with E-state index in [2.05, 4.69) is 0 Å². The fourth-order valence-electron chi connectivity index (χ4n) is 5.56. The van der Waals surface area contributed by atoms with Crippen molar-refractivity contribution >= 4 is 25.9 Å². The minimum Gasteiger partial charge on any atom is -0.481 e. The number of sulfone groups is 1. The molecule has 1 aromatic heterocycles. The molecule has 1 aromatic carbocycles. The summed E-state index contributed by atoms with van der Waals surface area (Å²) in [6.07, 6.45) is 8.24. The Morgan fingerprint density at radius 1 is 1.00 bits per heavy atom. The number of aryl methyl sites for hydroxylation is 1. The Labute approximate surface area is 230 Å². The first-order chi connectivity index (χ1) is 18.1.